The van der Waals surface area contributed by atoms with Crippen LogP contribution in [0.25, 0.3) is 0 Å². The third-order valence-corrected chi connectivity index (χ3v) is 2.19. The summed E-state index contributed by atoms with van der Waals surface area (Å²) < 4.78 is 0. The van der Waals surface area contributed by atoms with Gasteiger partial charge in [0.2, 0.25) is 0 Å². The monoisotopic (exact) mass is 208 g/mol. The molecule has 1 nitrogen and oxygen atoms in total. The van der Waals surface area contributed by atoms with Crippen LogP contribution in [0.4, 0.5) is 0 Å². The van der Waals surface area contributed by atoms with E-state index in [0.717, 1.165) is 25.7 Å². The molecule has 15 heavy (non-hydrogen) atoms. The van der Waals surface area contributed by atoms with Crippen LogP contribution in [0.2, 0.25) is 0 Å². The number of hydrogen-bond donors (Lipinski definition) is 1. The average molecular weight is 208 g/mol. The number of rotatable bonds is 7. The average Bonchev–Trinajstić information content (AvgIpc) is 2.19. The summed E-state index contributed by atoms with van der Waals surface area (Å²) in [5.74, 6) is 0. The first-order valence-corrected chi connectivity index (χ1v) is 5.71. The fourth-order valence-electron chi connectivity index (χ4n) is 1.31. The van der Waals surface area contributed by atoms with Crippen LogP contribution in [-0.4, -0.2) is 11.7 Å². The molecule has 0 bridgehead atoms. The Morgan fingerprint density at radius 1 is 0.933 bits per heavy atom. The first-order valence-electron chi connectivity index (χ1n) is 5.71. The van der Waals surface area contributed by atoms with Crippen molar-refractivity contribution >= 4 is 0 Å². The molecule has 0 radical (unpaired) electrons. The Hall–Kier alpha value is -0.820. The van der Waals surface area contributed by atoms with Gasteiger partial charge < -0.3 is 5.11 Å². The highest BCUT2D eigenvalue weighted by atomic mass is 16.2. The van der Waals surface area contributed by atoms with Gasteiger partial charge in [-0.05, 0) is 46.5 Å². The minimum absolute atomic E-state index is 0.156. The van der Waals surface area contributed by atoms with Crippen LogP contribution in [0.1, 0.15) is 46.5 Å². The van der Waals surface area contributed by atoms with E-state index in [0.29, 0.717) is 0 Å². The van der Waals surface area contributed by atoms with Gasteiger partial charge in [0.1, 0.15) is 0 Å². The van der Waals surface area contributed by atoms with Crippen molar-refractivity contribution in [2.24, 2.45) is 0 Å². The molecule has 0 spiro atoms. The largest absolute Gasteiger partial charge is 0.392 e. The van der Waals surface area contributed by atoms with Gasteiger partial charge in [-0.25, -0.2) is 0 Å². The minimum atomic E-state index is 0.156. The molecule has 86 valence electrons. The summed E-state index contributed by atoms with van der Waals surface area (Å²) in [7, 11) is 0. The predicted molar refractivity (Wildman–Crippen MR) is 67.9 cm³/mol. The number of unbranched alkanes of at least 4 members (excludes halogenated alkanes) is 1. The highest BCUT2D eigenvalue weighted by Crippen LogP contribution is 2.07. The van der Waals surface area contributed by atoms with E-state index in [4.69, 9.17) is 5.11 Å². The maximum atomic E-state index is 8.55. The highest BCUT2D eigenvalue weighted by Gasteiger charge is 1.87. The number of aliphatic hydroxyl groups excluding tert-OH is 1. The zero-order valence-corrected chi connectivity index (χ0v) is 10.3. The maximum Gasteiger partial charge on any atom is 0.0612 e. The molecule has 0 unspecified atom stereocenters. The van der Waals surface area contributed by atoms with Crippen LogP contribution in [0.15, 0.2) is 35.5 Å². The Balaban J connectivity index is 3.61. The Labute approximate surface area is 94.2 Å². The lowest BCUT2D eigenvalue weighted by Gasteiger charge is -1.97. The van der Waals surface area contributed by atoms with E-state index in [1.807, 2.05) is 6.08 Å². The molecule has 0 aromatic rings. The second-order valence-electron chi connectivity index (χ2n) is 4.10. The summed E-state index contributed by atoms with van der Waals surface area (Å²) in [6.45, 7) is 6.60. The molecule has 0 fully saturated rings. The SMILES string of the molecule is CC(C)=CCC/C=C(\C)CC/C=C/CO. The first-order chi connectivity index (χ1) is 7.16. The van der Waals surface area contributed by atoms with Crippen molar-refractivity contribution in [2.75, 3.05) is 6.61 Å². The highest BCUT2D eigenvalue weighted by molar-refractivity contribution is 5.02. The quantitative estimate of drug-likeness (QED) is 0.495. The molecule has 0 atom stereocenters. The molecule has 1 N–H and O–H groups in total. The van der Waals surface area contributed by atoms with Crippen LogP contribution in [0, 0.1) is 0 Å². The zero-order chi connectivity index (χ0) is 11.5. The summed E-state index contributed by atoms with van der Waals surface area (Å²) in [6.07, 6.45) is 12.8. The summed E-state index contributed by atoms with van der Waals surface area (Å²) in [5, 5.41) is 8.55. The predicted octanol–water partition coefficient (Wildman–Crippen LogP) is 4.01. The van der Waals surface area contributed by atoms with Crippen molar-refractivity contribution in [1.82, 2.24) is 0 Å². The van der Waals surface area contributed by atoms with E-state index < -0.39 is 0 Å². The topological polar surface area (TPSA) is 20.2 Å². The molecule has 1 heteroatoms. The van der Waals surface area contributed by atoms with Crippen LogP contribution in [0.3, 0.4) is 0 Å². The molecule has 0 aliphatic heterocycles. The van der Waals surface area contributed by atoms with E-state index in [9.17, 15) is 0 Å². The van der Waals surface area contributed by atoms with Crippen LogP contribution in [0.5, 0.6) is 0 Å². The van der Waals surface area contributed by atoms with Crippen molar-refractivity contribution in [2.45, 2.75) is 46.5 Å². The van der Waals surface area contributed by atoms with E-state index >= 15 is 0 Å². The van der Waals surface area contributed by atoms with E-state index in [1.165, 1.54) is 11.1 Å². The molecular formula is C14H24O. The lowest BCUT2D eigenvalue weighted by atomic mass is 10.1. The Bertz CT molecular complexity index is 230. The van der Waals surface area contributed by atoms with E-state index in [1.54, 1.807) is 6.08 Å². The molecule has 0 rings (SSSR count). The molecule has 0 heterocycles. The molecule has 0 aromatic heterocycles. The normalized spacial score (nSPS) is 12.1. The standard InChI is InChI=1S/C14H24O/c1-13(2)9-6-7-11-14(3)10-5-4-8-12-15/h4,8-9,11,15H,5-7,10,12H2,1-3H3/b8-4+,14-11+. The van der Waals surface area contributed by atoms with Gasteiger partial charge in [-0.3, -0.25) is 0 Å². The number of allylic oxidation sites excluding steroid dienone is 5. The zero-order valence-electron chi connectivity index (χ0n) is 10.3. The van der Waals surface area contributed by atoms with Crippen LogP contribution in [-0.2, 0) is 0 Å². The molecule has 0 aliphatic rings. The lowest BCUT2D eigenvalue weighted by Crippen LogP contribution is -1.78. The molecule has 0 aliphatic carbocycles. The Morgan fingerprint density at radius 2 is 1.60 bits per heavy atom. The maximum absolute atomic E-state index is 8.55. The van der Waals surface area contributed by atoms with E-state index in [-0.39, 0.29) is 6.61 Å². The third kappa shape index (κ3) is 11.1. The minimum Gasteiger partial charge on any atom is -0.392 e. The van der Waals surface area contributed by atoms with Gasteiger partial charge >= 0.3 is 0 Å². The summed E-state index contributed by atoms with van der Waals surface area (Å²) >= 11 is 0. The summed E-state index contributed by atoms with van der Waals surface area (Å²) in [6, 6.07) is 0. The van der Waals surface area contributed by atoms with Crippen molar-refractivity contribution in [3.63, 3.8) is 0 Å². The Kier molecular flexibility index (Phi) is 9.19. The molecule has 0 saturated heterocycles. The smallest absolute Gasteiger partial charge is 0.0612 e. The van der Waals surface area contributed by atoms with Gasteiger partial charge in [-0.2, -0.15) is 0 Å². The molecule has 0 aromatic carbocycles. The second kappa shape index (κ2) is 9.72. The van der Waals surface area contributed by atoms with Gasteiger partial charge in [0.05, 0.1) is 6.61 Å². The fourth-order valence-corrected chi connectivity index (χ4v) is 1.31. The van der Waals surface area contributed by atoms with Gasteiger partial charge in [0.15, 0.2) is 0 Å². The van der Waals surface area contributed by atoms with Crippen molar-refractivity contribution < 1.29 is 5.11 Å². The van der Waals surface area contributed by atoms with Crippen molar-refractivity contribution in [3.8, 4) is 0 Å². The molecular weight excluding hydrogens is 184 g/mol. The van der Waals surface area contributed by atoms with Crippen LogP contribution < -0.4 is 0 Å². The summed E-state index contributed by atoms with van der Waals surface area (Å²) in [5.41, 5.74) is 2.84. The van der Waals surface area contributed by atoms with Gasteiger partial charge in [0.25, 0.3) is 0 Å². The van der Waals surface area contributed by atoms with Gasteiger partial charge in [-0.1, -0.05) is 35.5 Å². The van der Waals surface area contributed by atoms with Crippen LogP contribution >= 0.6 is 0 Å². The van der Waals surface area contributed by atoms with Crippen molar-refractivity contribution in [3.05, 3.63) is 35.5 Å². The van der Waals surface area contributed by atoms with Gasteiger partial charge in [-0.15, -0.1) is 0 Å². The molecule has 0 amide bonds. The molecule has 0 saturated carbocycles. The lowest BCUT2D eigenvalue weighted by molar-refractivity contribution is 0.342. The fraction of sp³-hybridized carbons (Fsp3) is 0.571. The van der Waals surface area contributed by atoms with Crippen molar-refractivity contribution in [1.29, 1.82) is 0 Å². The first kappa shape index (κ1) is 14.2. The Morgan fingerprint density at radius 3 is 2.20 bits per heavy atom. The summed E-state index contributed by atoms with van der Waals surface area (Å²) in [4.78, 5) is 0. The second-order valence-corrected chi connectivity index (χ2v) is 4.10. The van der Waals surface area contributed by atoms with Gasteiger partial charge in [0, 0.05) is 0 Å². The number of hydrogen-bond acceptors (Lipinski definition) is 1. The third-order valence-electron chi connectivity index (χ3n) is 2.19. The number of aliphatic hydroxyl groups is 1. The van der Waals surface area contributed by atoms with E-state index in [2.05, 4.69) is 32.9 Å².